The smallest absolute Gasteiger partial charge is 0.338 e. The molecule has 3 aromatic rings. The number of benzene rings is 2. The Labute approximate surface area is 160 Å². The summed E-state index contributed by atoms with van der Waals surface area (Å²) in [5.41, 5.74) is 1.99. The molecule has 0 radical (unpaired) electrons. The summed E-state index contributed by atoms with van der Waals surface area (Å²) in [4.78, 5) is 16.6. The maximum absolute atomic E-state index is 12.1. The van der Waals surface area contributed by atoms with Crippen LogP contribution in [-0.2, 0) is 11.3 Å². The monoisotopic (exact) mass is 389 g/mol. The minimum atomic E-state index is -0.437. The number of hydrogen-bond acceptors (Lipinski definition) is 6. The number of thiazole rings is 1. The summed E-state index contributed by atoms with van der Waals surface area (Å²) in [6, 6.07) is 12.2. The maximum atomic E-state index is 12.1. The quantitative estimate of drug-likeness (QED) is 0.565. The van der Waals surface area contributed by atoms with Gasteiger partial charge in [-0.3, -0.25) is 0 Å². The number of nitrogens with zero attached hydrogens (tertiary/aromatic N) is 1. The van der Waals surface area contributed by atoms with E-state index in [4.69, 9.17) is 25.8 Å². The number of esters is 1. The van der Waals surface area contributed by atoms with Crippen LogP contribution >= 0.6 is 22.9 Å². The molecule has 0 N–H and O–H groups in total. The van der Waals surface area contributed by atoms with Gasteiger partial charge in [0, 0.05) is 16.0 Å². The van der Waals surface area contributed by atoms with Gasteiger partial charge in [-0.05, 0) is 36.4 Å². The van der Waals surface area contributed by atoms with Gasteiger partial charge in [0.25, 0.3) is 0 Å². The lowest BCUT2D eigenvalue weighted by Crippen LogP contribution is -2.05. The van der Waals surface area contributed by atoms with E-state index in [1.807, 2.05) is 23.6 Å². The topological polar surface area (TPSA) is 57.7 Å². The molecule has 0 aliphatic carbocycles. The fourth-order valence-electron chi connectivity index (χ4n) is 2.31. The molecule has 26 heavy (non-hydrogen) atoms. The number of halogens is 1. The minimum Gasteiger partial charge on any atom is -0.493 e. The molecule has 1 heterocycles. The van der Waals surface area contributed by atoms with Crippen molar-refractivity contribution in [1.29, 1.82) is 0 Å². The molecule has 0 aliphatic heterocycles. The highest BCUT2D eigenvalue weighted by molar-refractivity contribution is 7.13. The van der Waals surface area contributed by atoms with E-state index in [0.717, 1.165) is 10.6 Å². The number of hydrogen-bond donors (Lipinski definition) is 0. The molecule has 0 saturated carbocycles. The van der Waals surface area contributed by atoms with Gasteiger partial charge in [-0.15, -0.1) is 11.3 Å². The Morgan fingerprint density at radius 2 is 1.92 bits per heavy atom. The van der Waals surface area contributed by atoms with Gasteiger partial charge in [0.15, 0.2) is 11.5 Å². The standard InChI is InChI=1S/C19H16ClNO4S/c1-23-16-7-6-12(9-17(16)24-2)18-21-15(11-26-18)10-25-19(22)13-4-3-5-14(20)8-13/h3-9,11H,10H2,1-2H3. The van der Waals surface area contributed by atoms with Crippen molar-refractivity contribution >= 4 is 28.9 Å². The Balaban J connectivity index is 1.69. The van der Waals surface area contributed by atoms with Gasteiger partial charge in [-0.2, -0.15) is 0 Å². The fourth-order valence-corrected chi connectivity index (χ4v) is 3.31. The van der Waals surface area contributed by atoms with Crippen molar-refractivity contribution in [3.8, 4) is 22.1 Å². The fraction of sp³-hybridized carbons (Fsp3) is 0.158. The highest BCUT2D eigenvalue weighted by Crippen LogP contribution is 2.33. The van der Waals surface area contributed by atoms with Crippen LogP contribution in [0.4, 0.5) is 0 Å². The number of ether oxygens (including phenoxy) is 3. The third kappa shape index (κ3) is 4.15. The van der Waals surface area contributed by atoms with Crippen molar-refractivity contribution in [3.63, 3.8) is 0 Å². The highest BCUT2D eigenvalue weighted by atomic mass is 35.5. The van der Waals surface area contributed by atoms with Crippen molar-refractivity contribution in [2.45, 2.75) is 6.61 Å². The molecule has 0 atom stereocenters. The molecule has 0 fully saturated rings. The maximum Gasteiger partial charge on any atom is 0.338 e. The molecule has 0 spiro atoms. The summed E-state index contributed by atoms with van der Waals surface area (Å²) in [6.07, 6.45) is 0. The summed E-state index contributed by atoms with van der Waals surface area (Å²) in [6.45, 7) is 0.0924. The first-order valence-corrected chi connectivity index (χ1v) is 8.96. The number of aromatic nitrogens is 1. The Morgan fingerprint density at radius 1 is 1.12 bits per heavy atom. The van der Waals surface area contributed by atoms with Gasteiger partial charge < -0.3 is 14.2 Å². The van der Waals surface area contributed by atoms with Crippen molar-refractivity contribution < 1.29 is 19.0 Å². The molecule has 7 heteroatoms. The van der Waals surface area contributed by atoms with E-state index in [1.165, 1.54) is 11.3 Å². The summed E-state index contributed by atoms with van der Waals surface area (Å²) in [7, 11) is 3.18. The van der Waals surface area contributed by atoms with Crippen molar-refractivity contribution in [3.05, 3.63) is 64.1 Å². The zero-order valence-electron chi connectivity index (χ0n) is 14.2. The van der Waals surface area contributed by atoms with Crippen LogP contribution in [0.1, 0.15) is 16.1 Å². The van der Waals surface area contributed by atoms with Gasteiger partial charge in [-0.25, -0.2) is 9.78 Å². The number of methoxy groups -OCH3 is 2. The second kappa shape index (κ2) is 8.21. The molecule has 0 saturated heterocycles. The lowest BCUT2D eigenvalue weighted by molar-refractivity contribution is 0.0468. The molecular weight excluding hydrogens is 374 g/mol. The second-order valence-corrected chi connectivity index (χ2v) is 6.59. The zero-order chi connectivity index (χ0) is 18.5. The van der Waals surface area contributed by atoms with Crippen molar-refractivity contribution in [2.75, 3.05) is 14.2 Å². The van der Waals surface area contributed by atoms with E-state index in [0.29, 0.717) is 27.8 Å². The largest absolute Gasteiger partial charge is 0.493 e. The van der Waals surface area contributed by atoms with Crippen LogP contribution in [0, 0.1) is 0 Å². The number of rotatable bonds is 6. The van der Waals surface area contributed by atoms with E-state index in [1.54, 1.807) is 38.5 Å². The highest BCUT2D eigenvalue weighted by Gasteiger charge is 2.12. The van der Waals surface area contributed by atoms with Crippen molar-refractivity contribution in [1.82, 2.24) is 4.98 Å². The SMILES string of the molecule is COc1ccc(-c2nc(COC(=O)c3cccc(Cl)c3)cs2)cc1OC. The Bertz CT molecular complexity index is 925. The molecule has 0 bridgehead atoms. The predicted molar refractivity (Wildman–Crippen MR) is 101 cm³/mol. The van der Waals surface area contributed by atoms with Gasteiger partial charge >= 0.3 is 5.97 Å². The van der Waals surface area contributed by atoms with Crippen LogP contribution in [0.5, 0.6) is 11.5 Å². The van der Waals surface area contributed by atoms with Crippen LogP contribution in [0.3, 0.4) is 0 Å². The van der Waals surface area contributed by atoms with Crippen LogP contribution in [0.25, 0.3) is 10.6 Å². The van der Waals surface area contributed by atoms with Crippen LogP contribution in [-0.4, -0.2) is 25.2 Å². The minimum absolute atomic E-state index is 0.0924. The zero-order valence-corrected chi connectivity index (χ0v) is 15.8. The molecule has 0 unspecified atom stereocenters. The van der Waals surface area contributed by atoms with Gasteiger partial charge in [0.2, 0.25) is 0 Å². The first-order valence-electron chi connectivity index (χ1n) is 7.70. The average molecular weight is 390 g/mol. The molecule has 3 rings (SSSR count). The summed E-state index contributed by atoms with van der Waals surface area (Å²) in [5, 5.41) is 3.15. The number of carbonyl (C=O) groups excluding carboxylic acids is 1. The van der Waals surface area contributed by atoms with E-state index in [9.17, 15) is 4.79 Å². The molecule has 134 valence electrons. The summed E-state index contributed by atoms with van der Waals surface area (Å²) >= 11 is 7.35. The molecule has 1 aromatic heterocycles. The lowest BCUT2D eigenvalue weighted by Gasteiger charge is -2.08. The first-order chi connectivity index (χ1) is 12.6. The van der Waals surface area contributed by atoms with Crippen LogP contribution < -0.4 is 9.47 Å². The number of carbonyl (C=O) groups is 1. The Hall–Kier alpha value is -2.57. The Kier molecular flexibility index (Phi) is 5.75. The first kappa shape index (κ1) is 18.2. The Morgan fingerprint density at radius 3 is 2.65 bits per heavy atom. The van der Waals surface area contributed by atoms with Gasteiger partial charge in [0.1, 0.15) is 11.6 Å². The average Bonchev–Trinajstić information content (AvgIpc) is 3.14. The third-order valence-corrected chi connectivity index (χ3v) is 4.77. The molecule has 0 aliphatic rings. The van der Waals surface area contributed by atoms with Crippen LogP contribution in [0.2, 0.25) is 5.02 Å². The molecule has 5 nitrogen and oxygen atoms in total. The third-order valence-electron chi connectivity index (χ3n) is 3.59. The van der Waals surface area contributed by atoms with Gasteiger partial charge in [-0.1, -0.05) is 17.7 Å². The lowest BCUT2D eigenvalue weighted by atomic mass is 10.2. The van der Waals surface area contributed by atoms with Crippen molar-refractivity contribution in [2.24, 2.45) is 0 Å². The van der Waals surface area contributed by atoms with E-state index < -0.39 is 5.97 Å². The van der Waals surface area contributed by atoms with E-state index in [-0.39, 0.29) is 6.61 Å². The predicted octanol–water partition coefficient (Wildman–Crippen LogP) is 4.84. The summed E-state index contributed by atoms with van der Waals surface area (Å²) < 4.78 is 15.9. The van der Waals surface area contributed by atoms with E-state index >= 15 is 0 Å². The summed E-state index contributed by atoms with van der Waals surface area (Å²) in [5.74, 6) is 0.853. The van der Waals surface area contributed by atoms with Crippen LogP contribution in [0.15, 0.2) is 47.8 Å². The van der Waals surface area contributed by atoms with Gasteiger partial charge in [0.05, 0.1) is 25.5 Å². The molecular formula is C19H16ClNO4S. The second-order valence-electron chi connectivity index (χ2n) is 5.30. The molecule has 2 aromatic carbocycles. The van der Waals surface area contributed by atoms with E-state index in [2.05, 4.69) is 4.98 Å². The molecule has 0 amide bonds. The normalized spacial score (nSPS) is 10.4.